The molecule has 0 aromatic heterocycles. The molecule has 0 amide bonds. The molecule has 0 saturated heterocycles. The number of phenols is 1. The third-order valence-corrected chi connectivity index (χ3v) is 1.32. The van der Waals surface area contributed by atoms with Crippen LogP contribution in [-0.2, 0) is 0 Å². The van der Waals surface area contributed by atoms with Crippen LogP contribution in [0.5, 0.6) is 5.75 Å². The van der Waals surface area contributed by atoms with Gasteiger partial charge in [-0.15, -0.1) is 0 Å². The third-order valence-electron chi connectivity index (χ3n) is 1.32. The van der Waals surface area contributed by atoms with Crippen LogP contribution >= 0.6 is 0 Å². The van der Waals surface area contributed by atoms with E-state index in [-0.39, 0.29) is 11.4 Å². The summed E-state index contributed by atoms with van der Waals surface area (Å²) in [5.41, 5.74) is 5.91. The molecule has 0 unspecified atom stereocenters. The minimum Gasteiger partial charge on any atom is -0.508 e. The Balaban J connectivity index is 3.31. The Bertz CT molecular complexity index is 237. The summed E-state index contributed by atoms with van der Waals surface area (Å²) in [5.74, 6) is -0.665. The first-order valence-corrected chi connectivity index (χ1v) is 2.86. The number of phenolic OH excluding ortho intramolecular Hbond substituents is 1. The number of aryl methyl sites for hydroxylation is 1. The van der Waals surface area contributed by atoms with Gasteiger partial charge in [0.15, 0.2) is 0 Å². The highest BCUT2D eigenvalue weighted by atomic mass is 19.1. The second-order valence-corrected chi connectivity index (χ2v) is 2.16. The van der Waals surface area contributed by atoms with Crippen molar-refractivity contribution in [3.63, 3.8) is 0 Å². The summed E-state index contributed by atoms with van der Waals surface area (Å²) in [5, 5.41) is 8.82. The summed E-state index contributed by atoms with van der Waals surface area (Å²) >= 11 is 0. The number of hydrogen-bond donors (Lipinski definition) is 2. The molecule has 1 aromatic carbocycles. The van der Waals surface area contributed by atoms with Crippen LogP contribution in [0.15, 0.2) is 12.1 Å². The summed E-state index contributed by atoms with van der Waals surface area (Å²) in [6.07, 6.45) is 0. The van der Waals surface area contributed by atoms with Crippen molar-refractivity contribution in [3.8, 4) is 5.75 Å². The van der Waals surface area contributed by atoms with Gasteiger partial charge < -0.3 is 10.8 Å². The Kier molecular flexibility index (Phi) is 1.49. The normalized spacial score (nSPS) is 9.80. The van der Waals surface area contributed by atoms with Crippen molar-refractivity contribution < 1.29 is 9.50 Å². The van der Waals surface area contributed by atoms with E-state index in [9.17, 15) is 4.39 Å². The highest BCUT2D eigenvalue weighted by Gasteiger charge is 2.02. The Morgan fingerprint density at radius 3 is 2.60 bits per heavy atom. The maximum absolute atomic E-state index is 12.6. The zero-order chi connectivity index (χ0) is 7.72. The number of benzene rings is 1. The number of rotatable bonds is 0. The van der Waals surface area contributed by atoms with Crippen molar-refractivity contribution in [2.75, 3.05) is 5.73 Å². The highest BCUT2D eigenvalue weighted by molar-refractivity contribution is 5.50. The molecule has 0 radical (unpaired) electrons. The molecule has 0 saturated carbocycles. The fourth-order valence-electron chi connectivity index (χ4n) is 0.737. The lowest BCUT2D eigenvalue weighted by Gasteiger charge is -2.00. The van der Waals surface area contributed by atoms with Crippen molar-refractivity contribution in [2.24, 2.45) is 0 Å². The summed E-state index contributed by atoms with van der Waals surface area (Å²) in [6, 6.07) is 2.40. The van der Waals surface area contributed by atoms with Crippen LogP contribution in [0.1, 0.15) is 5.56 Å². The van der Waals surface area contributed by atoms with Gasteiger partial charge in [0.25, 0.3) is 0 Å². The maximum atomic E-state index is 12.6. The summed E-state index contributed by atoms with van der Waals surface area (Å²) in [4.78, 5) is 0. The van der Waals surface area contributed by atoms with E-state index in [0.29, 0.717) is 5.56 Å². The van der Waals surface area contributed by atoms with Gasteiger partial charge in [-0.05, 0) is 18.6 Å². The van der Waals surface area contributed by atoms with Gasteiger partial charge in [-0.25, -0.2) is 4.39 Å². The first kappa shape index (κ1) is 6.86. The van der Waals surface area contributed by atoms with Crippen LogP contribution in [0.3, 0.4) is 0 Å². The van der Waals surface area contributed by atoms with Crippen LogP contribution in [0.25, 0.3) is 0 Å². The second-order valence-electron chi connectivity index (χ2n) is 2.16. The van der Waals surface area contributed by atoms with Crippen LogP contribution in [-0.4, -0.2) is 5.11 Å². The van der Waals surface area contributed by atoms with E-state index >= 15 is 0 Å². The molecule has 3 N–H and O–H groups in total. The predicted molar refractivity (Wildman–Crippen MR) is 37.2 cm³/mol. The Morgan fingerprint density at radius 1 is 1.50 bits per heavy atom. The van der Waals surface area contributed by atoms with E-state index in [2.05, 4.69) is 0 Å². The lowest BCUT2D eigenvalue weighted by atomic mass is 10.2. The average Bonchev–Trinajstić information content (AvgIpc) is 1.82. The molecule has 0 aliphatic rings. The lowest BCUT2D eigenvalue weighted by molar-refractivity contribution is 0.469. The molecule has 1 rings (SSSR count). The summed E-state index contributed by atoms with van der Waals surface area (Å²) in [7, 11) is 0. The fourth-order valence-corrected chi connectivity index (χ4v) is 0.737. The molecule has 10 heavy (non-hydrogen) atoms. The van der Waals surface area contributed by atoms with Crippen LogP contribution in [0.4, 0.5) is 10.1 Å². The molecule has 0 aliphatic heterocycles. The number of halogens is 1. The number of nitrogens with two attached hydrogens (primary N) is 1. The molecule has 3 heteroatoms. The number of aromatic hydroxyl groups is 1. The van der Waals surface area contributed by atoms with E-state index in [1.165, 1.54) is 6.07 Å². The quantitative estimate of drug-likeness (QED) is 0.424. The fraction of sp³-hybridized carbons (Fsp3) is 0.143. The van der Waals surface area contributed by atoms with Gasteiger partial charge in [0.1, 0.15) is 11.6 Å². The van der Waals surface area contributed by atoms with Crippen LogP contribution in [0.2, 0.25) is 0 Å². The monoisotopic (exact) mass is 141 g/mol. The second kappa shape index (κ2) is 2.17. The van der Waals surface area contributed by atoms with Gasteiger partial charge in [-0.1, -0.05) is 0 Å². The molecule has 0 atom stereocenters. The van der Waals surface area contributed by atoms with Gasteiger partial charge in [0.05, 0.1) is 5.69 Å². The Hall–Kier alpha value is -1.25. The smallest absolute Gasteiger partial charge is 0.150 e. The molecule has 0 aliphatic carbocycles. The van der Waals surface area contributed by atoms with Gasteiger partial charge in [0.2, 0.25) is 0 Å². The molecule has 2 nitrogen and oxygen atoms in total. The minimum atomic E-state index is -0.572. The topological polar surface area (TPSA) is 46.2 Å². The van der Waals surface area contributed by atoms with Gasteiger partial charge >= 0.3 is 0 Å². The summed E-state index contributed by atoms with van der Waals surface area (Å²) in [6.45, 7) is 1.64. The third kappa shape index (κ3) is 1.03. The van der Waals surface area contributed by atoms with Crippen LogP contribution in [0, 0.1) is 12.7 Å². The minimum absolute atomic E-state index is 0.0933. The molecule has 54 valence electrons. The number of nitrogen functional groups attached to an aromatic ring is 1. The van der Waals surface area contributed by atoms with Crippen molar-refractivity contribution in [2.45, 2.75) is 6.92 Å². The van der Waals surface area contributed by atoms with Crippen molar-refractivity contribution >= 4 is 5.69 Å². The van der Waals surface area contributed by atoms with Crippen molar-refractivity contribution in [3.05, 3.63) is 23.5 Å². The van der Waals surface area contributed by atoms with E-state index in [1.54, 1.807) is 6.92 Å². The first-order valence-electron chi connectivity index (χ1n) is 2.86. The zero-order valence-corrected chi connectivity index (χ0v) is 5.56. The van der Waals surface area contributed by atoms with Crippen molar-refractivity contribution in [1.29, 1.82) is 0 Å². The molecule has 0 bridgehead atoms. The molecule has 0 fully saturated rings. The van der Waals surface area contributed by atoms with Crippen LogP contribution < -0.4 is 5.73 Å². The standard InChI is InChI=1S/C7H8FNO/c1-4-2-5(10)3-6(8)7(4)9/h2-3,10H,9H2,1H3. The maximum Gasteiger partial charge on any atom is 0.150 e. The first-order chi connectivity index (χ1) is 4.61. The summed E-state index contributed by atoms with van der Waals surface area (Å²) < 4.78 is 12.6. The lowest BCUT2D eigenvalue weighted by Crippen LogP contribution is -1.93. The van der Waals surface area contributed by atoms with Gasteiger partial charge in [-0.2, -0.15) is 0 Å². The SMILES string of the molecule is Cc1cc(O)cc(F)c1N. The van der Waals surface area contributed by atoms with E-state index in [4.69, 9.17) is 10.8 Å². The largest absolute Gasteiger partial charge is 0.508 e. The van der Waals surface area contributed by atoms with E-state index in [1.807, 2.05) is 0 Å². The van der Waals surface area contributed by atoms with E-state index < -0.39 is 5.82 Å². The highest BCUT2D eigenvalue weighted by Crippen LogP contribution is 2.21. The van der Waals surface area contributed by atoms with Gasteiger partial charge in [0, 0.05) is 6.07 Å². The Labute approximate surface area is 58.1 Å². The molecule has 0 spiro atoms. The van der Waals surface area contributed by atoms with Gasteiger partial charge in [-0.3, -0.25) is 0 Å². The molecular formula is C7H8FNO. The molecular weight excluding hydrogens is 133 g/mol. The molecule has 0 heterocycles. The number of hydrogen-bond acceptors (Lipinski definition) is 2. The van der Waals surface area contributed by atoms with Crippen molar-refractivity contribution in [1.82, 2.24) is 0 Å². The average molecular weight is 141 g/mol. The predicted octanol–water partition coefficient (Wildman–Crippen LogP) is 1.42. The zero-order valence-electron chi connectivity index (χ0n) is 5.56. The Morgan fingerprint density at radius 2 is 2.10 bits per heavy atom. The van der Waals surface area contributed by atoms with E-state index in [0.717, 1.165) is 6.07 Å². The molecule has 1 aromatic rings. The number of anilines is 1.